The molecule has 8 heteroatoms. The van der Waals surface area contributed by atoms with E-state index in [2.05, 4.69) is 10.3 Å². The van der Waals surface area contributed by atoms with Crippen molar-refractivity contribution in [3.63, 3.8) is 0 Å². The van der Waals surface area contributed by atoms with Crippen molar-refractivity contribution < 1.29 is 18.3 Å². The summed E-state index contributed by atoms with van der Waals surface area (Å²) in [5.74, 6) is -0.594. The van der Waals surface area contributed by atoms with Crippen LogP contribution in [0.25, 0.3) is 0 Å². The number of anilines is 1. The Kier molecular flexibility index (Phi) is 4.50. The fourth-order valence-corrected chi connectivity index (χ4v) is 4.10. The van der Waals surface area contributed by atoms with Gasteiger partial charge in [-0.15, -0.1) is 0 Å². The lowest BCUT2D eigenvalue weighted by Gasteiger charge is -2.16. The number of carbonyl (C=O) groups excluding carboxylic acids is 1. The predicted molar refractivity (Wildman–Crippen MR) is 88.3 cm³/mol. The summed E-state index contributed by atoms with van der Waals surface area (Å²) in [5, 5.41) is 12.5. The normalized spacial score (nSPS) is 15.3. The maximum absolute atomic E-state index is 12.6. The lowest BCUT2D eigenvalue weighted by atomic mass is 10.2. The number of nitrogens with zero attached hydrogens (tertiary/aromatic N) is 2. The van der Waals surface area contributed by atoms with Gasteiger partial charge in [0.05, 0.1) is 10.5 Å². The summed E-state index contributed by atoms with van der Waals surface area (Å²) < 4.78 is 26.5. The summed E-state index contributed by atoms with van der Waals surface area (Å²) in [6.45, 7) is 0.942. The molecule has 0 bridgehead atoms. The third kappa shape index (κ3) is 3.24. The van der Waals surface area contributed by atoms with Crippen LogP contribution in [0, 0.1) is 0 Å². The van der Waals surface area contributed by atoms with Crippen molar-refractivity contribution in [1.82, 2.24) is 9.29 Å². The Hall–Kier alpha value is -2.45. The van der Waals surface area contributed by atoms with Crippen molar-refractivity contribution in [1.29, 1.82) is 0 Å². The molecule has 24 heavy (non-hydrogen) atoms. The van der Waals surface area contributed by atoms with Gasteiger partial charge in [-0.25, -0.2) is 13.4 Å². The van der Waals surface area contributed by atoms with Crippen molar-refractivity contribution in [2.24, 2.45) is 0 Å². The molecule has 0 saturated carbocycles. The molecular weight excluding hydrogens is 330 g/mol. The molecule has 2 N–H and O–H groups in total. The molecule has 1 aliphatic heterocycles. The van der Waals surface area contributed by atoms with Gasteiger partial charge in [0.1, 0.15) is 11.6 Å². The van der Waals surface area contributed by atoms with Gasteiger partial charge in [-0.1, -0.05) is 6.07 Å². The van der Waals surface area contributed by atoms with Crippen LogP contribution in [-0.4, -0.2) is 41.8 Å². The smallest absolute Gasteiger partial charge is 0.260 e. The highest BCUT2D eigenvalue weighted by Crippen LogP contribution is 2.26. The first kappa shape index (κ1) is 16.4. The van der Waals surface area contributed by atoms with E-state index in [0.29, 0.717) is 18.9 Å². The molecule has 1 saturated heterocycles. The number of phenols is 1. The average molecular weight is 347 g/mol. The monoisotopic (exact) mass is 347 g/mol. The van der Waals surface area contributed by atoms with Gasteiger partial charge in [-0.2, -0.15) is 4.31 Å². The number of benzene rings is 1. The minimum atomic E-state index is -3.66. The molecule has 2 heterocycles. The molecule has 0 unspecified atom stereocenters. The van der Waals surface area contributed by atoms with Crippen LogP contribution in [0.15, 0.2) is 47.5 Å². The van der Waals surface area contributed by atoms with Gasteiger partial charge in [-0.3, -0.25) is 4.79 Å². The van der Waals surface area contributed by atoms with E-state index in [1.165, 1.54) is 28.7 Å². The third-order valence-corrected chi connectivity index (χ3v) is 5.72. The van der Waals surface area contributed by atoms with Crippen molar-refractivity contribution in [3.05, 3.63) is 48.2 Å². The maximum Gasteiger partial charge on any atom is 0.260 e. The van der Waals surface area contributed by atoms with E-state index in [4.69, 9.17) is 0 Å². The topological polar surface area (TPSA) is 99.6 Å². The van der Waals surface area contributed by atoms with E-state index in [-0.39, 0.29) is 16.2 Å². The first-order chi connectivity index (χ1) is 11.5. The van der Waals surface area contributed by atoms with Crippen molar-refractivity contribution in [2.75, 3.05) is 18.4 Å². The summed E-state index contributed by atoms with van der Waals surface area (Å²) in [5.41, 5.74) is -0.110. The van der Waals surface area contributed by atoms with Crippen molar-refractivity contribution in [3.8, 4) is 5.75 Å². The molecule has 0 radical (unpaired) electrons. The van der Waals surface area contributed by atoms with E-state index in [0.717, 1.165) is 12.8 Å². The van der Waals surface area contributed by atoms with Crippen LogP contribution >= 0.6 is 0 Å². The Balaban J connectivity index is 1.90. The van der Waals surface area contributed by atoms with Gasteiger partial charge >= 0.3 is 0 Å². The summed E-state index contributed by atoms with van der Waals surface area (Å²) >= 11 is 0. The lowest BCUT2D eigenvalue weighted by molar-refractivity contribution is 0.102. The predicted octanol–water partition coefficient (Wildman–Crippen LogP) is 1.82. The highest BCUT2D eigenvalue weighted by atomic mass is 32.2. The largest absolute Gasteiger partial charge is 0.507 e. The number of pyridine rings is 1. The number of amides is 1. The second-order valence-corrected chi connectivity index (χ2v) is 7.40. The van der Waals surface area contributed by atoms with Crippen LogP contribution in [0.4, 0.5) is 5.82 Å². The van der Waals surface area contributed by atoms with Crippen LogP contribution < -0.4 is 5.32 Å². The van der Waals surface area contributed by atoms with Crippen LogP contribution in [0.2, 0.25) is 0 Å². The molecule has 7 nitrogen and oxygen atoms in total. The van der Waals surface area contributed by atoms with Gasteiger partial charge < -0.3 is 10.4 Å². The SMILES string of the molecule is O=C(Nc1ccccn1)c1cc(S(=O)(=O)N2CCCC2)ccc1O. The molecule has 3 rings (SSSR count). The van der Waals surface area contributed by atoms with Gasteiger partial charge in [0.25, 0.3) is 5.91 Å². The zero-order valence-electron chi connectivity index (χ0n) is 12.8. The molecule has 1 aromatic carbocycles. The lowest BCUT2D eigenvalue weighted by Crippen LogP contribution is -2.28. The van der Waals surface area contributed by atoms with Crippen LogP contribution in [-0.2, 0) is 10.0 Å². The second kappa shape index (κ2) is 6.58. The average Bonchev–Trinajstić information content (AvgIpc) is 3.11. The highest BCUT2D eigenvalue weighted by Gasteiger charge is 2.28. The van der Waals surface area contributed by atoms with Crippen molar-refractivity contribution in [2.45, 2.75) is 17.7 Å². The van der Waals surface area contributed by atoms with Gasteiger partial charge in [0.2, 0.25) is 10.0 Å². The number of carbonyl (C=O) groups is 1. The van der Waals surface area contributed by atoms with Crippen LogP contribution in [0.3, 0.4) is 0 Å². The molecule has 1 fully saturated rings. The molecule has 126 valence electrons. The van der Waals surface area contributed by atoms with E-state index in [9.17, 15) is 18.3 Å². The Morgan fingerprint density at radius 2 is 1.92 bits per heavy atom. The Morgan fingerprint density at radius 3 is 2.58 bits per heavy atom. The quantitative estimate of drug-likeness (QED) is 0.879. The molecule has 2 aromatic rings. The number of nitrogens with one attached hydrogen (secondary N) is 1. The zero-order valence-corrected chi connectivity index (χ0v) is 13.7. The number of aromatic hydroxyl groups is 1. The first-order valence-electron chi connectivity index (χ1n) is 7.54. The molecular formula is C16H17N3O4S. The fraction of sp³-hybridized carbons (Fsp3) is 0.250. The Morgan fingerprint density at radius 1 is 1.17 bits per heavy atom. The summed E-state index contributed by atoms with van der Waals surface area (Å²) in [4.78, 5) is 16.3. The standard InChI is InChI=1S/C16H17N3O4S/c20-14-7-6-12(24(22,23)19-9-3-4-10-19)11-13(14)16(21)18-15-5-1-2-8-17-15/h1-2,5-8,11,20H,3-4,9-10H2,(H,17,18,21). The molecule has 0 spiro atoms. The first-order valence-corrected chi connectivity index (χ1v) is 8.98. The fourth-order valence-electron chi connectivity index (χ4n) is 2.56. The minimum Gasteiger partial charge on any atom is -0.507 e. The van der Waals surface area contributed by atoms with E-state index >= 15 is 0 Å². The Bertz CT molecular complexity index is 847. The van der Waals surface area contributed by atoms with Gasteiger partial charge in [-0.05, 0) is 43.2 Å². The van der Waals surface area contributed by atoms with E-state index < -0.39 is 15.9 Å². The second-order valence-electron chi connectivity index (χ2n) is 5.46. The van der Waals surface area contributed by atoms with Crippen LogP contribution in [0.1, 0.15) is 23.2 Å². The van der Waals surface area contributed by atoms with Gasteiger partial charge in [0, 0.05) is 19.3 Å². The molecule has 1 amide bonds. The molecule has 1 aliphatic rings. The Labute approximate surface area is 140 Å². The highest BCUT2D eigenvalue weighted by molar-refractivity contribution is 7.89. The van der Waals surface area contributed by atoms with E-state index in [1.807, 2.05) is 0 Å². The van der Waals surface area contributed by atoms with Crippen LogP contribution in [0.5, 0.6) is 5.75 Å². The van der Waals surface area contributed by atoms with Gasteiger partial charge in [0.15, 0.2) is 0 Å². The number of rotatable bonds is 4. The number of phenolic OH excluding ortho intramolecular Hbond substituents is 1. The van der Waals surface area contributed by atoms with E-state index in [1.54, 1.807) is 18.2 Å². The summed E-state index contributed by atoms with van der Waals surface area (Å²) in [7, 11) is -3.66. The maximum atomic E-state index is 12.6. The third-order valence-electron chi connectivity index (χ3n) is 3.82. The van der Waals surface area contributed by atoms with Crippen molar-refractivity contribution >= 4 is 21.7 Å². The summed E-state index contributed by atoms with van der Waals surface area (Å²) in [6, 6.07) is 8.73. The number of sulfonamides is 1. The molecule has 1 aromatic heterocycles. The molecule has 0 atom stereocenters. The number of hydrogen-bond acceptors (Lipinski definition) is 5. The summed E-state index contributed by atoms with van der Waals surface area (Å²) in [6.07, 6.45) is 3.17. The minimum absolute atomic E-state index is 0.00614. The molecule has 0 aliphatic carbocycles. The number of hydrogen-bond donors (Lipinski definition) is 2. The zero-order chi connectivity index (χ0) is 17.2. The number of aromatic nitrogens is 1.